The van der Waals surface area contributed by atoms with Gasteiger partial charge in [0.05, 0.1) is 5.92 Å². The number of carbonyl (C=O) groups excluding carboxylic acids is 1. The Hall–Kier alpha value is -1.03. The minimum absolute atomic E-state index is 0.00750. The Balaban J connectivity index is 2.23. The second kappa shape index (κ2) is 3.98. The summed E-state index contributed by atoms with van der Waals surface area (Å²) in [7, 11) is 1.54. The van der Waals surface area contributed by atoms with Crippen LogP contribution in [-0.4, -0.2) is 26.3 Å². The number of amides is 1. The molecule has 0 saturated heterocycles. The summed E-state index contributed by atoms with van der Waals surface area (Å²) in [4.78, 5) is 11.1. The Kier molecular flexibility index (Phi) is 2.92. The van der Waals surface area contributed by atoms with Crippen molar-refractivity contribution in [3.8, 4) is 0 Å². The summed E-state index contributed by atoms with van der Waals surface area (Å²) in [5.41, 5.74) is 0. The Morgan fingerprint density at radius 2 is 2.73 bits per heavy atom. The van der Waals surface area contributed by atoms with E-state index in [2.05, 4.69) is 10.6 Å². The third-order valence-electron chi connectivity index (χ3n) is 1.51. The first-order valence-electron chi connectivity index (χ1n) is 3.51. The molecule has 0 aliphatic carbocycles. The van der Waals surface area contributed by atoms with Crippen LogP contribution in [0.2, 0.25) is 0 Å². The molecule has 4 nitrogen and oxygen atoms in total. The summed E-state index contributed by atoms with van der Waals surface area (Å²) in [5.74, 6) is -0.0294. The largest absolute Gasteiger partial charge is 0.390 e. The molecule has 0 aromatic heterocycles. The average Bonchev–Trinajstić information content (AvgIpc) is 2.52. The van der Waals surface area contributed by atoms with Crippen LogP contribution in [0.5, 0.6) is 0 Å². The fourth-order valence-electron chi connectivity index (χ4n) is 0.902. The van der Waals surface area contributed by atoms with Crippen LogP contribution in [0.1, 0.15) is 0 Å². The van der Waals surface area contributed by atoms with Crippen molar-refractivity contribution in [1.82, 2.24) is 10.6 Å². The van der Waals surface area contributed by atoms with Crippen molar-refractivity contribution >= 4 is 5.91 Å². The lowest BCUT2D eigenvalue weighted by Gasteiger charge is -2.07. The highest BCUT2D eigenvalue weighted by molar-refractivity contribution is 5.80. The number of rotatable bonds is 3. The van der Waals surface area contributed by atoms with Crippen molar-refractivity contribution in [2.45, 2.75) is 0 Å². The van der Waals surface area contributed by atoms with E-state index >= 15 is 0 Å². The van der Waals surface area contributed by atoms with E-state index in [1.54, 1.807) is 13.3 Å². The van der Waals surface area contributed by atoms with E-state index < -0.39 is 0 Å². The molecule has 62 valence electrons. The molecule has 4 heteroatoms. The predicted molar refractivity (Wildman–Crippen MR) is 40.7 cm³/mol. The number of hydrogen-bond donors (Lipinski definition) is 2. The van der Waals surface area contributed by atoms with Gasteiger partial charge in [0.15, 0.2) is 0 Å². The highest BCUT2D eigenvalue weighted by Gasteiger charge is 2.16. The van der Waals surface area contributed by atoms with Crippen molar-refractivity contribution in [3.05, 3.63) is 12.3 Å². The molecule has 1 aliphatic heterocycles. The van der Waals surface area contributed by atoms with Gasteiger partial charge in [0.25, 0.3) is 0 Å². The first-order chi connectivity index (χ1) is 5.34. The van der Waals surface area contributed by atoms with Crippen molar-refractivity contribution < 1.29 is 9.53 Å². The predicted octanol–water partition coefficient (Wildman–Crippen LogP) is -0.560. The summed E-state index contributed by atoms with van der Waals surface area (Å²) >= 11 is 0. The van der Waals surface area contributed by atoms with Crippen LogP contribution in [0.4, 0.5) is 0 Å². The quantitative estimate of drug-likeness (QED) is 0.538. The number of methoxy groups -OCH3 is 1. The fraction of sp³-hybridized carbons (Fsp3) is 0.571. The van der Waals surface area contributed by atoms with Gasteiger partial charge in [-0.2, -0.15) is 0 Å². The summed E-state index contributed by atoms with van der Waals surface area (Å²) in [6, 6.07) is 0. The maximum absolute atomic E-state index is 11.1. The first kappa shape index (κ1) is 8.07. The molecule has 0 spiro atoms. The van der Waals surface area contributed by atoms with Gasteiger partial charge in [0, 0.05) is 13.7 Å². The molecule has 0 fully saturated rings. The van der Waals surface area contributed by atoms with E-state index in [1.165, 1.54) is 0 Å². The molecular weight excluding hydrogens is 144 g/mol. The topological polar surface area (TPSA) is 50.4 Å². The molecule has 2 N–H and O–H groups in total. The van der Waals surface area contributed by atoms with Crippen LogP contribution in [0.15, 0.2) is 12.3 Å². The number of carbonyl (C=O) groups is 1. The van der Waals surface area contributed by atoms with Gasteiger partial charge in [-0.15, -0.1) is 0 Å². The van der Waals surface area contributed by atoms with E-state index in [-0.39, 0.29) is 18.6 Å². The Morgan fingerprint density at radius 1 is 1.91 bits per heavy atom. The molecule has 1 heterocycles. The highest BCUT2D eigenvalue weighted by Crippen LogP contribution is 2.01. The van der Waals surface area contributed by atoms with Crippen molar-refractivity contribution in [1.29, 1.82) is 0 Å². The Bertz CT molecular complexity index is 168. The zero-order valence-corrected chi connectivity index (χ0v) is 6.46. The summed E-state index contributed by atoms with van der Waals surface area (Å²) in [6.07, 6.45) is 3.63. The molecule has 1 unspecified atom stereocenters. The highest BCUT2D eigenvalue weighted by atomic mass is 16.5. The summed E-state index contributed by atoms with van der Waals surface area (Å²) in [6.45, 7) is 0.971. The van der Waals surface area contributed by atoms with Crippen molar-refractivity contribution in [3.63, 3.8) is 0 Å². The van der Waals surface area contributed by atoms with Crippen molar-refractivity contribution in [2.24, 2.45) is 5.92 Å². The second-order valence-corrected chi connectivity index (χ2v) is 2.35. The smallest absolute Gasteiger partial charge is 0.230 e. The van der Waals surface area contributed by atoms with E-state index in [1.807, 2.05) is 6.08 Å². The lowest BCUT2D eigenvalue weighted by atomic mass is 10.1. The van der Waals surface area contributed by atoms with Crippen LogP contribution in [-0.2, 0) is 9.53 Å². The zero-order chi connectivity index (χ0) is 8.10. The van der Waals surface area contributed by atoms with Gasteiger partial charge >= 0.3 is 0 Å². The number of ether oxygens (including phenoxy) is 1. The van der Waals surface area contributed by atoms with Gasteiger partial charge in [-0.25, -0.2) is 0 Å². The first-order valence-corrected chi connectivity index (χ1v) is 3.51. The molecule has 1 amide bonds. The molecule has 1 rings (SSSR count). The maximum Gasteiger partial charge on any atom is 0.230 e. The van der Waals surface area contributed by atoms with Crippen LogP contribution in [0, 0.1) is 5.92 Å². The summed E-state index contributed by atoms with van der Waals surface area (Å²) in [5, 5.41) is 5.57. The number of nitrogens with one attached hydrogen (secondary N) is 2. The maximum atomic E-state index is 11.1. The van der Waals surface area contributed by atoms with Crippen LogP contribution in [0.3, 0.4) is 0 Å². The van der Waals surface area contributed by atoms with Gasteiger partial charge in [0.2, 0.25) is 5.91 Å². The molecule has 0 saturated carbocycles. The molecule has 0 radical (unpaired) electrons. The zero-order valence-electron chi connectivity index (χ0n) is 6.46. The third kappa shape index (κ3) is 2.23. The molecule has 11 heavy (non-hydrogen) atoms. The standard InChI is InChI=1S/C7H12N2O2/c1-11-5-9-7(10)6-2-3-8-4-6/h2-3,6,8H,4-5H2,1H3,(H,9,10). The normalized spacial score (nSPS) is 21.4. The lowest BCUT2D eigenvalue weighted by Crippen LogP contribution is -2.33. The van der Waals surface area contributed by atoms with Gasteiger partial charge in [-0.1, -0.05) is 6.08 Å². The molecule has 0 aromatic rings. The minimum Gasteiger partial charge on any atom is -0.390 e. The molecule has 1 atom stereocenters. The lowest BCUT2D eigenvalue weighted by molar-refractivity contribution is -0.124. The van der Waals surface area contributed by atoms with Crippen LogP contribution < -0.4 is 10.6 Å². The monoisotopic (exact) mass is 156 g/mol. The molecule has 0 aromatic carbocycles. The molecule has 1 aliphatic rings. The van der Waals surface area contributed by atoms with Crippen molar-refractivity contribution in [2.75, 3.05) is 20.4 Å². The van der Waals surface area contributed by atoms with E-state index in [4.69, 9.17) is 4.74 Å². The second-order valence-electron chi connectivity index (χ2n) is 2.35. The van der Waals surface area contributed by atoms with Gasteiger partial charge < -0.3 is 15.4 Å². The number of hydrogen-bond acceptors (Lipinski definition) is 3. The molecular formula is C7H12N2O2. The van der Waals surface area contributed by atoms with Crippen LogP contribution >= 0.6 is 0 Å². The minimum atomic E-state index is -0.0369. The van der Waals surface area contributed by atoms with E-state index in [0.29, 0.717) is 6.54 Å². The Morgan fingerprint density at radius 3 is 3.27 bits per heavy atom. The van der Waals surface area contributed by atoms with Gasteiger partial charge in [-0.3, -0.25) is 4.79 Å². The van der Waals surface area contributed by atoms with Gasteiger partial charge in [0.1, 0.15) is 6.73 Å². The Labute approximate surface area is 65.6 Å². The summed E-state index contributed by atoms with van der Waals surface area (Å²) < 4.78 is 4.70. The van der Waals surface area contributed by atoms with E-state index in [0.717, 1.165) is 0 Å². The van der Waals surface area contributed by atoms with Gasteiger partial charge in [-0.05, 0) is 6.20 Å². The third-order valence-corrected chi connectivity index (χ3v) is 1.51. The molecule has 0 bridgehead atoms. The SMILES string of the molecule is COCNC(=O)C1C=CNC1. The average molecular weight is 156 g/mol. The fourth-order valence-corrected chi connectivity index (χ4v) is 0.902. The van der Waals surface area contributed by atoms with Crippen LogP contribution in [0.25, 0.3) is 0 Å². The van der Waals surface area contributed by atoms with E-state index in [9.17, 15) is 4.79 Å².